The zero-order chi connectivity index (χ0) is 20.2. The van der Waals surface area contributed by atoms with Crippen LogP contribution in [0.3, 0.4) is 0 Å². The summed E-state index contributed by atoms with van der Waals surface area (Å²) >= 11 is 0. The normalized spacial score (nSPS) is 11.1. The van der Waals surface area contributed by atoms with Crippen LogP contribution in [-0.4, -0.2) is 45.4 Å². The zero-order valence-corrected chi connectivity index (χ0v) is 15.6. The molecule has 1 aromatic carbocycles. The Kier molecular flexibility index (Phi) is 6.19. The van der Waals surface area contributed by atoms with Crippen molar-refractivity contribution in [1.82, 2.24) is 9.97 Å². The Hall–Kier alpha value is -2.91. The standard InChI is InChI=1S/C17H21F3N4O3/c1-24(2)14-8-13(17(18,19)20)22-16(23-14)21-9-10-6-11(25-3)15(27-5)12(7-10)26-4/h6-8H,9H2,1-5H3,(H,21,22,23). The highest BCUT2D eigenvalue weighted by Crippen LogP contribution is 2.38. The molecule has 0 saturated heterocycles. The van der Waals surface area contributed by atoms with E-state index in [0.717, 1.165) is 6.07 Å². The minimum atomic E-state index is -4.57. The molecule has 0 saturated carbocycles. The van der Waals surface area contributed by atoms with Crippen LogP contribution < -0.4 is 24.4 Å². The molecule has 1 heterocycles. The summed E-state index contributed by atoms with van der Waals surface area (Å²) in [5.74, 6) is 1.31. The topological polar surface area (TPSA) is 68.7 Å². The largest absolute Gasteiger partial charge is 0.493 e. The molecule has 10 heteroatoms. The molecule has 2 aromatic rings. The summed E-state index contributed by atoms with van der Waals surface area (Å²) in [5.41, 5.74) is -0.328. The maximum absolute atomic E-state index is 13.1. The summed E-state index contributed by atoms with van der Waals surface area (Å²) in [7, 11) is 7.65. The summed E-state index contributed by atoms with van der Waals surface area (Å²) in [6.07, 6.45) is -4.57. The molecule has 7 nitrogen and oxygen atoms in total. The lowest BCUT2D eigenvalue weighted by molar-refractivity contribution is -0.141. The number of halogens is 3. The van der Waals surface area contributed by atoms with E-state index in [0.29, 0.717) is 22.8 Å². The molecule has 0 radical (unpaired) electrons. The Morgan fingerprint density at radius 3 is 2.00 bits per heavy atom. The molecule has 2 rings (SSSR count). The molecule has 148 valence electrons. The third kappa shape index (κ3) is 4.83. The maximum Gasteiger partial charge on any atom is 0.433 e. The van der Waals surface area contributed by atoms with E-state index in [1.54, 1.807) is 26.2 Å². The zero-order valence-electron chi connectivity index (χ0n) is 15.6. The quantitative estimate of drug-likeness (QED) is 0.784. The van der Waals surface area contributed by atoms with E-state index in [2.05, 4.69) is 15.3 Å². The van der Waals surface area contributed by atoms with Gasteiger partial charge in [0.15, 0.2) is 17.2 Å². The highest BCUT2D eigenvalue weighted by molar-refractivity contribution is 5.54. The second-order valence-electron chi connectivity index (χ2n) is 5.71. The molecule has 0 amide bonds. The highest BCUT2D eigenvalue weighted by atomic mass is 19.4. The van der Waals surface area contributed by atoms with E-state index in [1.165, 1.54) is 26.2 Å². The van der Waals surface area contributed by atoms with Crippen LogP contribution in [0.15, 0.2) is 18.2 Å². The molecule has 0 spiro atoms. The molecule has 0 aliphatic rings. The average Bonchev–Trinajstić information content (AvgIpc) is 2.64. The lowest BCUT2D eigenvalue weighted by Crippen LogP contribution is -2.17. The first-order valence-corrected chi connectivity index (χ1v) is 7.86. The number of alkyl halides is 3. The molecular formula is C17H21F3N4O3. The maximum atomic E-state index is 13.1. The van der Waals surface area contributed by atoms with E-state index in [9.17, 15) is 13.2 Å². The van der Waals surface area contributed by atoms with Crippen molar-refractivity contribution in [3.63, 3.8) is 0 Å². The van der Waals surface area contributed by atoms with Gasteiger partial charge in [0.1, 0.15) is 5.82 Å². The molecule has 1 N–H and O–H groups in total. The fourth-order valence-corrected chi connectivity index (χ4v) is 2.31. The number of methoxy groups -OCH3 is 3. The summed E-state index contributed by atoms with van der Waals surface area (Å²) in [5, 5.41) is 2.81. The Labute approximate surface area is 155 Å². The highest BCUT2D eigenvalue weighted by Gasteiger charge is 2.34. The summed E-state index contributed by atoms with van der Waals surface area (Å²) < 4.78 is 55.0. The third-order valence-corrected chi connectivity index (χ3v) is 3.64. The van der Waals surface area contributed by atoms with E-state index in [4.69, 9.17) is 14.2 Å². The minimum Gasteiger partial charge on any atom is -0.493 e. The Morgan fingerprint density at radius 1 is 0.963 bits per heavy atom. The van der Waals surface area contributed by atoms with Crippen molar-refractivity contribution < 1.29 is 27.4 Å². The van der Waals surface area contributed by atoms with Gasteiger partial charge in [0.2, 0.25) is 11.7 Å². The number of rotatable bonds is 7. The number of benzene rings is 1. The molecular weight excluding hydrogens is 365 g/mol. The molecule has 0 aliphatic carbocycles. The van der Waals surface area contributed by atoms with Crippen LogP contribution >= 0.6 is 0 Å². The smallest absolute Gasteiger partial charge is 0.433 e. The predicted molar refractivity (Wildman–Crippen MR) is 94.8 cm³/mol. The molecule has 0 bridgehead atoms. The molecule has 0 atom stereocenters. The van der Waals surface area contributed by atoms with Crippen LogP contribution in [-0.2, 0) is 12.7 Å². The van der Waals surface area contributed by atoms with Gasteiger partial charge in [-0.1, -0.05) is 0 Å². The second-order valence-corrected chi connectivity index (χ2v) is 5.71. The van der Waals surface area contributed by atoms with Gasteiger partial charge in [-0.3, -0.25) is 0 Å². The summed E-state index contributed by atoms with van der Waals surface area (Å²) in [6, 6.07) is 4.27. The Balaban J connectivity index is 2.32. The average molecular weight is 386 g/mol. The minimum absolute atomic E-state index is 0.137. The van der Waals surface area contributed by atoms with E-state index >= 15 is 0 Å². The van der Waals surface area contributed by atoms with Crippen molar-refractivity contribution in [1.29, 1.82) is 0 Å². The van der Waals surface area contributed by atoms with Crippen LogP contribution in [0.4, 0.5) is 24.9 Å². The van der Waals surface area contributed by atoms with Crippen LogP contribution in [0.5, 0.6) is 17.2 Å². The van der Waals surface area contributed by atoms with Gasteiger partial charge in [-0.05, 0) is 17.7 Å². The van der Waals surface area contributed by atoms with Gasteiger partial charge < -0.3 is 24.4 Å². The van der Waals surface area contributed by atoms with Gasteiger partial charge in [-0.25, -0.2) is 4.98 Å². The van der Waals surface area contributed by atoms with Crippen molar-refractivity contribution in [3.8, 4) is 17.2 Å². The van der Waals surface area contributed by atoms with Gasteiger partial charge in [0.05, 0.1) is 21.3 Å². The monoisotopic (exact) mass is 386 g/mol. The Morgan fingerprint density at radius 2 is 1.56 bits per heavy atom. The van der Waals surface area contributed by atoms with Crippen molar-refractivity contribution in [2.75, 3.05) is 45.6 Å². The van der Waals surface area contributed by atoms with Crippen LogP contribution in [0, 0.1) is 0 Å². The fraction of sp³-hybridized carbons (Fsp3) is 0.412. The molecule has 0 fully saturated rings. The number of hydrogen-bond acceptors (Lipinski definition) is 7. The summed E-state index contributed by atoms with van der Waals surface area (Å²) in [6.45, 7) is 0.158. The number of ether oxygens (including phenoxy) is 3. The lowest BCUT2D eigenvalue weighted by atomic mass is 10.2. The number of hydrogen-bond donors (Lipinski definition) is 1. The fourth-order valence-electron chi connectivity index (χ4n) is 2.31. The summed E-state index contributed by atoms with van der Waals surface area (Å²) in [4.78, 5) is 9.13. The van der Waals surface area contributed by atoms with Crippen LogP contribution in [0.2, 0.25) is 0 Å². The number of anilines is 2. The first-order chi connectivity index (χ1) is 12.7. The van der Waals surface area contributed by atoms with E-state index in [-0.39, 0.29) is 18.3 Å². The SMILES string of the molecule is COc1cc(CNc2nc(N(C)C)cc(C(F)(F)F)n2)cc(OC)c1OC. The van der Waals surface area contributed by atoms with Crippen LogP contribution in [0.25, 0.3) is 0 Å². The molecule has 0 unspecified atom stereocenters. The van der Waals surface area contributed by atoms with Crippen molar-refractivity contribution in [3.05, 3.63) is 29.5 Å². The van der Waals surface area contributed by atoms with Gasteiger partial charge in [-0.2, -0.15) is 18.2 Å². The van der Waals surface area contributed by atoms with Crippen molar-refractivity contribution in [2.45, 2.75) is 12.7 Å². The van der Waals surface area contributed by atoms with Crippen molar-refractivity contribution in [2.24, 2.45) is 0 Å². The van der Waals surface area contributed by atoms with Gasteiger partial charge in [-0.15, -0.1) is 0 Å². The number of nitrogens with one attached hydrogen (secondary N) is 1. The second kappa shape index (κ2) is 8.19. The van der Waals surface area contributed by atoms with Crippen LogP contribution in [0.1, 0.15) is 11.3 Å². The lowest BCUT2D eigenvalue weighted by Gasteiger charge is -2.17. The Bertz CT molecular complexity index is 772. The van der Waals surface area contributed by atoms with Gasteiger partial charge >= 0.3 is 6.18 Å². The molecule has 27 heavy (non-hydrogen) atoms. The molecule has 1 aromatic heterocycles. The first kappa shape index (κ1) is 20.4. The predicted octanol–water partition coefficient (Wildman–Crippen LogP) is 3.20. The number of nitrogens with zero attached hydrogens (tertiary/aromatic N) is 3. The van der Waals surface area contributed by atoms with E-state index in [1.807, 2.05) is 0 Å². The van der Waals surface area contributed by atoms with Gasteiger partial charge in [0.25, 0.3) is 0 Å². The van der Waals surface area contributed by atoms with Crippen molar-refractivity contribution >= 4 is 11.8 Å². The number of aromatic nitrogens is 2. The van der Waals surface area contributed by atoms with Gasteiger partial charge in [0, 0.05) is 26.7 Å². The first-order valence-electron chi connectivity index (χ1n) is 7.86. The molecule has 0 aliphatic heterocycles. The third-order valence-electron chi connectivity index (χ3n) is 3.64. The van der Waals surface area contributed by atoms with E-state index < -0.39 is 11.9 Å².